The van der Waals surface area contributed by atoms with Gasteiger partial charge in [-0.1, -0.05) is 0 Å². The highest BCUT2D eigenvalue weighted by Crippen LogP contribution is 2.13. The molecule has 70 valence electrons. The maximum Gasteiger partial charge on any atom is 0.239 e. The molecule has 2 atom stereocenters. The monoisotopic (exact) mass is 174 g/mol. The van der Waals surface area contributed by atoms with Gasteiger partial charge in [-0.15, -0.1) is 0 Å². The summed E-state index contributed by atoms with van der Waals surface area (Å²) in [5.74, 6) is -0.141. The maximum absolute atomic E-state index is 12.8. The molecule has 4 heteroatoms. The van der Waals surface area contributed by atoms with Crippen LogP contribution >= 0.6 is 0 Å². The van der Waals surface area contributed by atoms with E-state index in [2.05, 4.69) is 0 Å². The molecule has 0 bridgehead atoms. The van der Waals surface area contributed by atoms with Gasteiger partial charge in [0.2, 0.25) is 5.91 Å². The average Bonchev–Trinajstić information content (AvgIpc) is 2.03. The largest absolute Gasteiger partial charge is 0.338 e. The van der Waals surface area contributed by atoms with Crippen LogP contribution < -0.4 is 5.73 Å². The Labute approximate surface area is 71.7 Å². The standard InChI is InChI=1S/C8H15FN2O/c1-6(10)8(12)11-4-2-3-7(9)5-11/h6-7H,2-5,10H2,1H3/t6-,7?/m1/s1. The molecule has 1 aliphatic heterocycles. The Bertz CT molecular complexity index is 172. The molecular weight excluding hydrogens is 159 g/mol. The Morgan fingerprint density at radius 1 is 1.75 bits per heavy atom. The van der Waals surface area contributed by atoms with Gasteiger partial charge < -0.3 is 10.6 Å². The van der Waals surface area contributed by atoms with E-state index in [0.29, 0.717) is 13.0 Å². The lowest BCUT2D eigenvalue weighted by Gasteiger charge is -2.30. The predicted molar refractivity (Wildman–Crippen MR) is 44.4 cm³/mol. The van der Waals surface area contributed by atoms with E-state index in [1.54, 1.807) is 6.92 Å². The van der Waals surface area contributed by atoms with Crippen molar-refractivity contribution in [2.75, 3.05) is 13.1 Å². The zero-order chi connectivity index (χ0) is 9.14. The predicted octanol–water partition coefficient (Wildman–Crippen LogP) is 0.294. The first kappa shape index (κ1) is 9.45. The molecule has 2 N–H and O–H groups in total. The van der Waals surface area contributed by atoms with Crippen LogP contribution in [0.15, 0.2) is 0 Å². The number of carbonyl (C=O) groups is 1. The van der Waals surface area contributed by atoms with Crippen molar-refractivity contribution in [2.24, 2.45) is 5.73 Å². The number of nitrogens with zero attached hydrogens (tertiary/aromatic N) is 1. The lowest BCUT2D eigenvalue weighted by molar-refractivity contribution is -0.134. The van der Waals surface area contributed by atoms with E-state index in [-0.39, 0.29) is 12.5 Å². The Kier molecular flexibility index (Phi) is 3.03. The molecule has 0 saturated carbocycles. The molecule has 1 aliphatic rings. The second-order valence-corrected chi connectivity index (χ2v) is 3.31. The average molecular weight is 174 g/mol. The minimum atomic E-state index is -0.860. The van der Waals surface area contributed by atoms with E-state index in [9.17, 15) is 9.18 Å². The fraction of sp³-hybridized carbons (Fsp3) is 0.875. The van der Waals surface area contributed by atoms with Crippen LogP contribution in [0.2, 0.25) is 0 Å². The fourth-order valence-corrected chi connectivity index (χ4v) is 1.41. The summed E-state index contributed by atoms with van der Waals surface area (Å²) in [5.41, 5.74) is 5.40. The van der Waals surface area contributed by atoms with Gasteiger partial charge in [-0.25, -0.2) is 4.39 Å². The van der Waals surface area contributed by atoms with Gasteiger partial charge in [-0.05, 0) is 19.8 Å². The first-order valence-corrected chi connectivity index (χ1v) is 4.29. The molecule has 0 aromatic heterocycles. The summed E-state index contributed by atoms with van der Waals surface area (Å²) < 4.78 is 12.8. The third-order valence-electron chi connectivity index (χ3n) is 2.07. The number of halogens is 1. The molecule has 1 rings (SSSR count). The van der Waals surface area contributed by atoms with Crippen LogP contribution in [0.3, 0.4) is 0 Å². The Balaban J connectivity index is 2.46. The van der Waals surface area contributed by atoms with Crippen LogP contribution in [-0.2, 0) is 4.79 Å². The Morgan fingerprint density at radius 3 is 2.92 bits per heavy atom. The molecule has 0 aromatic rings. The van der Waals surface area contributed by atoms with E-state index in [1.165, 1.54) is 4.90 Å². The smallest absolute Gasteiger partial charge is 0.239 e. The van der Waals surface area contributed by atoms with E-state index in [0.717, 1.165) is 6.42 Å². The van der Waals surface area contributed by atoms with E-state index in [4.69, 9.17) is 5.73 Å². The number of hydrogen-bond acceptors (Lipinski definition) is 2. The van der Waals surface area contributed by atoms with Gasteiger partial charge in [0, 0.05) is 6.54 Å². The van der Waals surface area contributed by atoms with Gasteiger partial charge in [0.1, 0.15) is 6.17 Å². The molecule has 3 nitrogen and oxygen atoms in total. The quantitative estimate of drug-likeness (QED) is 0.621. The summed E-state index contributed by atoms with van der Waals surface area (Å²) in [6.45, 7) is 2.51. The molecule has 1 saturated heterocycles. The molecule has 1 fully saturated rings. The van der Waals surface area contributed by atoms with E-state index in [1.807, 2.05) is 0 Å². The van der Waals surface area contributed by atoms with Crippen molar-refractivity contribution in [3.05, 3.63) is 0 Å². The van der Waals surface area contributed by atoms with Crippen molar-refractivity contribution in [3.8, 4) is 0 Å². The first-order chi connectivity index (χ1) is 5.61. The summed E-state index contributed by atoms with van der Waals surface area (Å²) >= 11 is 0. The number of hydrogen-bond donors (Lipinski definition) is 1. The van der Waals surface area contributed by atoms with Crippen LogP contribution in [0.4, 0.5) is 4.39 Å². The molecule has 0 aromatic carbocycles. The van der Waals surface area contributed by atoms with Crippen molar-refractivity contribution in [1.29, 1.82) is 0 Å². The van der Waals surface area contributed by atoms with Gasteiger partial charge in [-0.2, -0.15) is 0 Å². The van der Waals surface area contributed by atoms with Crippen LogP contribution in [0, 0.1) is 0 Å². The third kappa shape index (κ3) is 2.17. The number of rotatable bonds is 1. The van der Waals surface area contributed by atoms with E-state index >= 15 is 0 Å². The van der Waals surface area contributed by atoms with Crippen LogP contribution in [0.1, 0.15) is 19.8 Å². The fourth-order valence-electron chi connectivity index (χ4n) is 1.41. The van der Waals surface area contributed by atoms with Crippen molar-refractivity contribution in [2.45, 2.75) is 32.0 Å². The first-order valence-electron chi connectivity index (χ1n) is 4.29. The zero-order valence-electron chi connectivity index (χ0n) is 7.29. The number of alkyl halides is 1. The third-order valence-corrected chi connectivity index (χ3v) is 2.07. The van der Waals surface area contributed by atoms with Crippen molar-refractivity contribution in [3.63, 3.8) is 0 Å². The molecule has 12 heavy (non-hydrogen) atoms. The number of nitrogens with two attached hydrogens (primary N) is 1. The zero-order valence-corrected chi connectivity index (χ0v) is 7.29. The SMILES string of the molecule is C[C@@H](N)C(=O)N1CCCC(F)C1. The van der Waals surface area contributed by atoms with Crippen LogP contribution in [0.25, 0.3) is 0 Å². The number of amides is 1. The molecule has 0 spiro atoms. The molecule has 0 aliphatic carbocycles. The number of likely N-dealkylation sites (tertiary alicyclic amines) is 1. The van der Waals surface area contributed by atoms with Crippen LogP contribution in [0.5, 0.6) is 0 Å². The molecule has 0 radical (unpaired) electrons. The summed E-state index contributed by atoms with van der Waals surface area (Å²) in [6.07, 6.45) is 0.462. The van der Waals surface area contributed by atoms with E-state index < -0.39 is 12.2 Å². The molecule has 1 heterocycles. The lowest BCUT2D eigenvalue weighted by atomic mass is 10.1. The summed E-state index contributed by atoms with van der Waals surface area (Å²) in [5, 5.41) is 0. The number of carbonyl (C=O) groups excluding carboxylic acids is 1. The minimum absolute atomic E-state index is 0.141. The highest BCUT2D eigenvalue weighted by atomic mass is 19.1. The summed E-state index contributed by atoms with van der Waals surface area (Å²) in [4.78, 5) is 12.8. The lowest BCUT2D eigenvalue weighted by Crippen LogP contribution is -2.47. The summed E-state index contributed by atoms with van der Waals surface area (Å²) in [7, 11) is 0. The molecule has 1 amide bonds. The number of piperidine rings is 1. The normalized spacial score (nSPS) is 26.9. The van der Waals surface area contributed by atoms with Gasteiger partial charge in [0.05, 0.1) is 12.6 Å². The maximum atomic E-state index is 12.8. The summed E-state index contributed by atoms with van der Waals surface area (Å²) in [6, 6.07) is -0.504. The molecule has 1 unspecified atom stereocenters. The highest BCUT2D eigenvalue weighted by Gasteiger charge is 2.24. The minimum Gasteiger partial charge on any atom is -0.338 e. The topological polar surface area (TPSA) is 46.3 Å². The van der Waals surface area contributed by atoms with Crippen molar-refractivity contribution < 1.29 is 9.18 Å². The van der Waals surface area contributed by atoms with Crippen molar-refractivity contribution >= 4 is 5.91 Å². The van der Waals surface area contributed by atoms with Crippen molar-refractivity contribution in [1.82, 2.24) is 4.90 Å². The van der Waals surface area contributed by atoms with Gasteiger partial charge in [0.15, 0.2) is 0 Å². The highest BCUT2D eigenvalue weighted by molar-refractivity contribution is 5.81. The Morgan fingerprint density at radius 2 is 2.42 bits per heavy atom. The molecular formula is C8H15FN2O. The van der Waals surface area contributed by atoms with Crippen LogP contribution in [-0.4, -0.2) is 36.1 Å². The van der Waals surface area contributed by atoms with Gasteiger partial charge >= 0.3 is 0 Å². The van der Waals surface area contributed by atoms with Gasteiger partial charge in [0.25, 0.3) is 0 Å². The van der Waals surface area contributed by atoms with Gasteiger partial charge in [-0.3, -0.25) is 4.79 Å². The Hall–Kier alpha value is -0.640. The second-order valence-electron chi connectivity index (χ2n) is 3.31. The second kappa shape index (κ2) is 3.85.